The predicted octanol–water partition coefficient (Wildman–Crippen LogP) is 10.4. The van der Waals surface area contributed by atoms with E-state index in [-0.39, 0.29) is 11.6 Å². The van der Waals surface area contributed by atoms with E-state index >= 15 is 0 Å². The summed E-state index contributed by atoms with van der Waals surface area (Å²) in [5.74, 6) is 1.44. The maximum absolute atomic E-state index is 5.50. The molecule has 228 valence electrons. The Hall–Kier alpha value is -3.82. The molecule has 0 aromatic heterocycles. The molecule has 3 aromatic rings. The van der Waals surface area contributed by atoms with Gasteiger partial charge in [0, 0.05) is 33.8 Å². The molecule has 2 nitrogen and oxygen atoms in total. The van der Waals surface area contributed by atoms with Crippen molar-refractivity contribution >= 4 is 23.0 Å². The Morgan fingerprint density at radius 1 is 0.870 bits per heavy atom. The van der Waals surface area contributed by atoms with Crippen LogP contribution in [0, 0.1) is 11.8 Å². The van der Waals surface area contributed by atoms with Crippen molar-refractivity contribution in [2.45, 2.75) is 75.3 Å². The molecule has 1 N–H and O–H groups in total. The van der Waals surface area contributed by atoms with Gasteiger partial charge < -0.3 is 5.32 Å². The number of benzene rings is 3. The van der Waals surface area contributed by atoms with E-state index in [0.717, 1.165) is 12.1 Å². The highest BCUT2D eigenvalue weighted by atomic mass is 32.2. The van der Waals surface area contributed by atoms with Gasteiger partial charge in [0.15, 0.2) is 0 Å². The van der Waals surface area contributed by atoms with Crippen molar-refractivity contribution < 1.29 is 0 Å². The highest BCUT2D eigenvalue weighted by Gasteiger charge is 2.54. The average Bonchev–Trinajstić information content (AvgIpc) is 3.68. The summed E-state index contributed by atoms with van der Waals surface area (Å²) in [4.78, 5) is 6.94. The van der Waals surface area contributed by atoms with Gasteiger partial charge in [-0.2, -0.15) is 0 Å². The van der Waals surface area contributed by atoms with Gasteiger partial charge in [0.1, 0.15) is 6.17 Å². The lowest BCUT2D eigenvalue weighted by molar-refractivity contribution is 0.233. The normalized spacial score (nSPS) is 28.9. The van der Waals surface area contributed by atoms with Crippen molar-refractivity contribution in [3.63, 3.8) is 0 Å². The SMILES string of the molecule is CC1(C)C2=CC3c4ccccc4C4(CCCCC4)C3C=C2c2ccc(C3N=C(c4ccccc4)C4=C(N3)SC3=CC=CCC34)cc21. The number of thioether (sulfide) groups is 1. The average molecular weight is 617 g/mol. The summed E-state index contributed by atoms with van der Waals surface area (Å²) >= 11 is 1.91. The smallest absolute Gasteiger partial charge is 0.145 e. The van der Waals surface area contributed by atoms with Crippen LogP contribution in [-0.2, 0) is 10.8 Å². The topological polar surface area (TPSA) is 24.4 Å². The van der Waals surface area contributed by atoms with E-state index in [1.54, 1.807) is 11.1 Å². The van der Waals surface area contributed by atoms with Crippen LogP contribution in [0.25, 0.3) is 5.57 Å². The van der Waals surface area contributed by atoms with Crippen molar-refractivity contribution in [2.75, 3.05) is 0 Å². The highest BCUT2D eigenvalue weighted by molar-refractivity contribution is 8.07. The van der Waals surface area contributed by atoms with Crippen molar-refractivity contribution in [2.24, 2.45) is 16.8 Å². The number of rotatable bonds is 2. The second-order valence-corrected chi connectivity index (χ2v) is 16.1. The Bertz CT molecular complexity index is 1990. The fourth-order valence-electron chi connectivity index (χ4n) is 10.2. The first-order valence-electron chi connectivity index (χ1n) is 17.4. The molecule has 1 fully saturated rings. The van der Waals surface area contributed by atoms with Gasteiger partial charge in [-0.15, -0.1) is 0 Å². The molecule has 3 heteroatoms. The molecule has 1 saturated carbocycles. The third-order valence-electron chi connectivity index (χ3n) is 12.4. The van der Waals surface area contributed by atoms with Crippen LogP contribution in [-0.4, -0.2) is 5.71 Å². The number of hydrogen-bond donors (Lipinski definition) is 1. The Labute approximate surface area is 277 Å². The van der Waals surface area contributed by atoms with Crippen LogP contribution in [0.3, 0.4) is 0 Å². The number of allylic oxidation sites excluding steroid dienone is 9. The lowest BCUT2D eigenvalue weighted by Gasteiger charge is -2.41. The summed E-state index contributed by atoms with van der Waals surface area (Å²) in [6, 6.07) is 27.5. The van der Waals surface area contributed by atoms with E-state index in [1.165, 1.54) is 81.0 Å². The van der Waals surface area contributed by atoms with E-state index in [0.29, 0.717) is 23.2 Å². The van der Waals surface area contributed by atoms with Gasteiger partial charge in [0.05, 0.1) is 10.7 Å². The number of fused-ring (bicyclic) bond motifs is 10. The molecule has 46 heavy (non-hydrogen) atoms. The van der Waals surface area contributed by atoms with Gasteiger partial charge in [-0.1, -0.05) is 148 Å². The summed E-state index contributed by atoms with van der Waals surface area (Å²) in [6.07, 6.45) is 19.9. The van der Waals surface area contributed by atoms with Crippen LogP contribution < -0.4 is 5.32 Å². The van der Waals surface area contributed by atoms with E-state index in [2.05, 4.69) is 122 Å². The molecular formula is C43H40N2S. The van der Waals surface area contributed by atoms with Crippen LogP contribution >= 0.6 is 11.8 Å². The zero-order valence-corrected chi connectivity index (χ0v) is 27.5. The molecule has 2 aliphatic heterocycles. The summed E-state index contributed by atoms with van der Waals surface area (Å²) in [7, 11) is 0. The Kier molecular flexibility index (Phi) is 5.84. The zero-order chi connectivity index (χ0) is 30.6. The minimum atomic E-state index is -0.112. The summed E-state index contributed by atoms with van der Waals surface area (Å²) in [6.45, 7) is 4.90. The maximum Gasteiger partial charge on any atom is 0.145 e. The molecule has 2 heterocycles. The second kappa shape index (κ2) is 9.84. The molecule has 10 rings (SSSR count). The van der Waals surface area contributed by atoms with Gasteiger partial charge in [0.2, 0.25) is 0 Å². The van der Waals surface area contributed by atoms with Crippen LogP contribution in [0.2, 0.25) is 0 Å². The second-order valence-electron chi connectivity index (χ2n) is 15.0. The molecule has 0 radical (unpaired) electrons. The first-order chi connectivity index (χ1) is 22.5. The lowest BCUT2D eigenvalue weighted by Crippen LogP contribution is -2.35. The quantitative estimate of drug-likeness (QED) is 0.310. The van der Waals surface area contributed by atoms with Crippen LogP contribution in [0.4, 0.5) is 0 Å². The predicted molar refractivity (Wildman–Crippen MR) is 192 cm³/mol. The molecule has 3 aromatic carbocycles. The Morgan fingerprint density at radius 2 is 1.70 bits per heavy atom. The number of nitrogens with one attached hydrogen (secondary N) is 1. The summed E-state index contributed by atoms with van der Waals surface area (Å²) < 4.78 is 0. The molecular weight excluding hydrogens is 577 g/mol. The summed E-state index contributed by atoms with van der Waals surface area (Å²) in [5, 5.41) is 5.19. The molecule has 7 aliphatic rings. The molecule has 1 spiro atoms. The molecule has 4 unspecified atom stereocenters. The maximum atomic E-state index is 5.50. The molecule has 0 saturated heterocycles. The van der Waals surface area contributed by atoms with E-state index in [4.69, 9.17) is 4.99 Å². The van der Waals surface area contributed by atoms with Gasteiger partial charge in [-0.05, 0) is 69.0 Å². The standard InChI is InChI=1S/C43H40N2S/c1-42(2)34-23-27(40-44-39(26-13-5-3-6-14-26)38-30-16-8-10-18-37(30)46-41(38)45-40)19-20-29(34)31-25-36-32(24-35(31)42)28-15-7-9-17-33(28)43(36)21-11-4-12-22-43/h3,5-10,13-15,17-20,23-25,30,32,36,40,45H,4,11-12,16,21-22H2,1-2H3. The third kappa shape index (κ3) is 3.70. The Morgan fingerprint density at radius 3 is 2.57 bits per heavy atom. The van der Waals surface area contributed by atoms with Crippen molar-refractivity contribution in [1.82, 2.24) is 5.32 Å². The molecule has 4 atom stereocenters. The number of aliphatic imine (C=N–C) groups is 1. The van der Waals surface area contributed by atoms with E-state index in [1.807, 2.05) is 11.8 Å². The summed E-state index contributed by atoms with van der Waals surface area (Å²) in [5.41, 5.74) is 14.4. The first-order valence-corrected chi connectivity index (χ1v) is 18.2. The minimum Gasteiger partial charge on any atom is -0.354 e. The van der Waals surface area contributed by atoms with E-state index in [9.17, 15) is 0 Å². The van der Waals surface area contributed by atoms with Crippen LogP contribution in [0.5, 0.6) is 0 Å². The third-order valence-corrected chi connectivity index (χ3v) is 13.6. The monoisotopic (exact) mass is 616 g/mol. The van der Waals surface area contributed by atoms with Gasteiger partial charge in [0.25, 0.3) is 0 Å². The van der Waals surface area contributed by atoms with Crippen molar-refractivity contribution in [3.8, 4) is 0 Å². The van der Waals surface area contributed by atoms with E-state index < -0.39 is 0 Å². The Balaban J connectivity index is 1.07. The minimum absolute atomic E-state index is 0.0575. The van der Waals surface area contributed by atoms with Gasteiger partial charge in [-0.25, -0.2) is 0 Å². The van der Waals surface area contributed by atoms with Crippen molar-refractivity contribution in [3.05, 3.63) is 158 Å². The number of hydrogen-bond acceptors (Lipinski definition) is 3. The first kappa shape index (κ1) is 27.3. The van der Waals surface area contributed by atoms with Gasteiger partial charge in [-0.3, -0.25) is 4.99 Å². The van der Waals surface area contributed by atoms with Crippen LogP contribution in [0.1, 0.15) is 97.8 Å². The fourth-order valence-corrected chi connectivity index (χ4v) is 11.4. The van der Waals surface area contributed by atoms with Crippen LogP contribution in [0.15, 0.2) is 129 Å². The molecule has 0 amide bonds. The number of nitrogens with zero attached hydrogens (tertiary/aromatic N) is 1. The largest absolute Gasteiger partial charge is 0.354 e. The lowest BCUT2D eigenvalue weighted by atomic mass is 9.62. The highest BCUT2D eigenvalue weighted by Crippen LogP contribution is 2.64. The zero-order valence-electron chi connectivity index (χ0n) is 26.7. The fraction of sp³-hybridized carbons (Fsp3) is 0.326. The molecule has 0 bridgehead atoms. The van der Waals surface area contributed by atoms with Gasteiger partial charge >= 0.3 is 0 Å². The van der Waals surface area contributed by atoms with Crippen molar-refractivity contribution in [1.29, 1.82) is 0 Å². The molecule has 5 aliphatic carbocycles.